The van der Waals surface area contributed by atoms with Crippen molar-refractivity contribution < 1.29 is 4.74 Å². The summed E-state index contributed by atoms with van der Waals surface area (Å²) in [6.45, 7) is 7.75. The van der Waals surface area contributed by atoms with Gasteiger partial charge in [0.05, 0.1) is 17.8 Å². The van der Waals surface area contributed by atoms with Gasteiger partial charge in [0.2, 0.25) is 0 Å². The average molecular weight is 266 g/mol. The summed E-state index contributed by atoms with van der Waals surface area (Å²) in [7, 11) is 1.98. The van der Waals surface area contributed by atoms with Crippen LogP contribution in [-0.4, -0.2) is 47.0 Å². The lowest BCUT2D eigenvalue weighted by Crippen LogP contribution is -2.38. The van der Waals surface area contributed by atoms with Gasteiger partial charge in [0.15, 0.2) is 0 Å². The largest absolute Gasteiger partial charge is 0.377 e. The molecule has 0 aromatic carbocycles. The Kier molecular flexibility index (Phi) is 4.96. The molecule has 1 aliphatic heterocycles. The molecule has 0 aliphatic carbocycles. The first-order chi connectivity index (χ1) is 9.15. The van der Waals surface area contributed by atoms with Gasteiger partial charge in [-0.05, 0) is 19.8 Å². The van der Waals surface area contributed by atoms with E-state index < -0.39 is 0 Å². The minimum Gasteiger partial charge on any atom is -0.377 e. The van der Waals surface area contributed by atoms with Crippen molar-refractivity contribution in [2.75, 3.05) is 26.2 Å². The fourth-order valence-electron chi connectivity index (χ4n) is 2.89. The Hall–Kier alpha value is -0.910. The Morgan fingerprint density at radius 2 is 2.37 bits per heavy atom. The minimum absolute atomic E-state index is 0.257. The van der Waals surface area contributed by atoms with E-state index in [9.17, 15) is 0 Å². The molecule has 19 heavy (non-hydrogen) atoms. The van der Waals surface area contributed by atoms with Crippen LogP contribution in [0.1, 0.15) is 37.6 Å². The highest BCUT2D eigenvalue weighted by molar-refractivity contribution is 5.22. The molecule has 108 valence electrons. The van der Waals surface area contributed by atoms with Crippen LogP contribution in [-0.2, 0) is 18.2 Å². The summed E-state index contributed by atoms with van der Waals surface area (Å²) in [5, 5.41) is 4.54. The van der Waals surface area contributed by atoms with Crippen LogP contribution >= 0.6 is 0 Å². The molecule has 0 spiro atoms. The van der Waals surface area contributed by atoms with Crippen molar-refractivity contribution in [1.82, 2.24) is 14.7 Å². The first-order valence-corrected chi connectivity index (χ1v) is 7.23. The molecule has 1 aliphatic rings. The van der Waals surface area contributed by atoms with Crippen LogP contribution in [0, 0.1) is 0 Å². The van der Waals surface area contributed by atoms with Crippen LogP contribution in [0.4, 0.5) is 0 Å². The number of nitrogens with zero attached hydrogens (tertiary/aromatic N) is 3. The SMILES string of the molecule is CCc1nn(C)cc1C(CN)N1CCCOC(C)C1. The number of hydrogen-bond acceptors (Lipinski definition) is 4. The average Bonchev–Trinajstić information content (AvgIpc) is 2.62. The molecule has 2 rings (SSSR count). The predicted octanol–water partition coefficient (Wildman–Crippen LogP) is 1.09. The van der Waals surface area contributed by atoms with E-state index in [1.54, 1.807) is 0 Å². The van der Waals surface area contributed by atoms with Gasteiger partial charge in [-0.25, -0.2) is 0 Å². The summed E-state index contributed by atoms with van der Waals surface area (Å²) in [5.41, 5.74) is 8.49. The van der Waals surface area contributed by atoms with Crippen LogP contribution in [0.5, 0.6) is 0 Å². The topological polar surface area (TPSA) is 56.3 Å². The first kappa shape index (κ1) is 14.5. The van der Waals surface area contributed by atoms with Crippen LogP contribution in [0.15, 0.2) is 6.20 Å². The summed E-state index contributed by atoms with van der Waals surface area (Å²) in [4.78, 5) is 2.45. The summed E-state index contributed by atoms with van der Waals surface area (Å²) >= 11 is 0. The van der Waals surface area contributed by atoms with E-state index in [1.807, 2.05) is 11.7 Å². The maximum Gasteiger partial charge on any atom is 0.0674 e. The number of ether oxygens (including phenoxy) is 1. The highest BCUT2D eigenvalue weighted by Crippen LogP contribution is 2.25. The van der Waals surface area contributed by atoms with Crippen molar-refractivity contribution in [2.24, 2.45) is 12.8 Å². The van der Waals surface area contributed by atoms with Crippen LogP contribution in [0.25, 0.3) is 0 Å². The number of nitrogens with two attached hydrogens (primary N) is 1. The normalized spacial score (nSPS) is 23.3. The zero-order valence-electron chi connectivity index (χ0n) is 12.3. The van der Waals surface area contributed by atoms with E-state index >= 15 is 0 Å². The van der Waals surface area contributed by atoms with Gasteiger partial charge < -0.3 is 10.5 Å². The second-order valence-corrected chi connectivity index (χ2v) is 5.34. The van der Waals surface area contributed by atoms with Crippen molar-refractivity contribution in [3.05, 3.63) is 17.5 Å². The van der Waals surface area contributed by atoms with Gasteiger partial charge in [-0.2, -0.15) is 5.10 Å². The van der Waals surface area contributed by atoms with Crippen molar-refractivity contribution in [3.8, 4) is 0 Å². The van der Waals surface area contributed by atoms with E-state index in [2.05, 4.69) is 30.0 Å². The first-order valence-electron chi connectivity index (χ1n) is 7.23. The van der Waals surface area contributed by atoms with E-state index in [0.29, 0.717) is 6.54 Å². The van der Waals surface area contributed by atoms with E-state index in [0.717, 1.165) is 38.2 Å². The second-order valence-electron chi connectivity index (χ2n) is 5.34. The third kappa shape index (κ3) is 3.35. The monoisotopic (exact) mass is 266 g/mol. The highest BCUT2D eigenvalue weighted by atomic mass is 16.5. The van der Waals surface area contributed by atoms with E-state index in [-0.39, 0.29) is 12.1 Å². The summed E-state index contributed by atoms with van der Waals surface area (Å²) in [5.74, 6) is 0. The van der Waals surface area contributed by atoms with E-state index in [4.69, 9.17) is 10.5 Å². The molecule has 1 saturated heterocycles. The zero-order chi connectivity index (χ0) is 13.8. The van der Waals surface area contributed by atoms with Gasteiger partial charge in [0, 0.05) is 45.0 Å². The van der Waals surface area contributed by atoms with Crippen molar-refractivity contribution in [2.45, 2.75) is 38.8 Å². The molecule has 1 aromatic rings. The van der Waals surface area contributed by atoms with Gasteiger partial charge in [-0.1, -0.05) is 6.92 Å². The Morgan fingerprint density at radius 3 is 3.05 bits per heavy atom. The fourth-order valence-corrected chi connectivity index (χ4v) is 2.89. The highest BCUT2D eigenvalue weighted by Gasteiger charge is 2.26. The molecule has 0 amide bonds. The molecular weight excluding hydrogens is 240 g/mol. The standard InChI is InChI=1S/C14H26N4O/c1-4-13-12(10-17(3)16-13)14(8-15)18-6-5-7-19-11(2)9-18/h10-11,14H,4-9,15H2,1-3H3. The molecule has 1 fully saturated rings. The Labute approximate surface area is 115 Å². The molecule has 2 N–H and O–H groups in total. The summed E-state index contributed by atoms with van der Waals surface area (Å²) in [6.07, 6.45) is 4.42. The molecular formula is C14H26N4O. The van der Waals surface area contributed by atoms with Crippen molar-refractivity contribution in [1.29, 1.82) is 0 Å². The maximum absolute atomic E-state index is 6.05. The van der Waals surface area contributed by atoms with Gasteiger partial charge in [-0.15, -0.1) is 0 Å². The molecule has 0 radical (unpaired) electrons. The van der Waals surface area contributed by atoms with Gasteiger partial charge in [0.25, 0.3) is 0 Å². The zero-order valence-corrected chi connectivity index (χ0v) is 12.3. The molecule has 5 heteroatoms. The lowest BCUT2D eigenvalue weighted by molar-refractivity contribution is 0.0611. The molecule has 1 aromatic heterocycles. The van der Waals surface area contributed by atoms with Crippen molar-refractivity contribution >= 4 is 0 Å². The number of rotatable bonds is 4. The minimum atomic E-state index is 0.257. The van der Waals surface area contributed by atoms with Gasteiger partial charge in [0.1, 0.15) is 0 Å². The predicted molar refractivity (Wildman–Crippen MR) is 76.0 cm³/mol. The second kappa shape index (κ2) is 6.50. The fraction of sp³-hybridized carbons (Fsp3) is 0.786. The van der Waals surface area contributed by atoms with Crippen LogP contribution in [0.2, 0.25) is 0 Å². The molecule has 2 unspecified atom stereocenters. The van der Waals surface area contributed by atoms with Crippen LogP contribution < -0.4 is 5.73 Å². The third-order valence-corrected chi connectivity index (χ3v) is 3.78. The summed E-state index contributed by atoms with van der Waals surface area (Å²) in [6, 6.07) is 0.257. The Morgan fingerprint density at radius 1 is 1.58 bits per heavy atom. The molecule has 2 heterocycles. The quantitative estimate of drug-likeness (QED) is 0.886. The molecule has 2 atom stereocenters. The van der Waals surface area contributed by atoms with Crippen molar-refractivity contribution in [3.63, 3.8) is 0 Å². The lowest BCUT2D eigenvalue weighted by atomic mass is 10.0. The number of aryl methyl sites for hydroxylation is 2. The molecule has 0 bridgehead atoms. The third-order valence-electron chi connectivity index (χ3n) is 3.78. The maximum atomic E-state index is 6.05. The number of aromatic nitrogens is 2. The van der Waals surface area contributed by atoms with Crippen LogP contribution in [0.3, 0.4) is 0 Å². The van der Waals surface area contributed by atoms with E-state index in [1.165, 1.54) is 5.56 Å². The molecule has 0 saturated carbocycles. The Bertz CT molecular complexity index is 404. The molecule has 5 nitrogen and oxygen atoms in total. The number of hydrogen-bond donors (Lipinski definition) is 1. The lowest BCUT2D eigenvalue weighted by Gasteiger charge is -2.30. The summed E-state index contributed by atoms with van der Waals surface area (Å²) < 4.78 is 7.62. The van der Waals surface area contributed by atoms with Gasteiger partial charge >= 0.3 is 0 Å². The Balaban J connectivity index is 2.22. The smallest absolute Gasteiger partial charge is 0.0674 e. The van der Waals surface area contributed by atoms with Gasteiger partial charge in [-0.3, -0.25) is 9.58 Å².